The van der Waals surface area contributed by atoms with E-state index < -0.39 is 5.97 Å². The number of hydrogen-bond acceptors (Lipinski definition) is 3. The molecule has 4 nitrogen and oxygen atoms in total. The molecular weight excluding hydrogens is 188 g/mol. The maximum atomic E-state index is 10.1. The van der Waals surface area contributed by atoms with Crippen LogP contribution in [-0.4, -0.2) is 18.1 Å². The predicted molar refractivity (Wildman–Crippen MR) is 36.8 cm³/mol. The van der Waals surface area contributed by atoms with Crippen molar-refractivity contribution in [3.05, 3.63) is 10.3 Å². The van der Waals surface area contributed by atoms with E-state index >= 15 is 0 Å². The van der Waals surface area contributed by atoms with E-state index in [2.05, 4.69) is 21.2 Å². The highest BCUT2D eigenvalue weighted by Crippen LogP contribution is 2.00. The van der Waals surface area contributed by atoms with Crippen molar-refractivity contribution in [2.45, 2.75) is 0 Å². The number of carbonyl (C=O) groups is 1. The molecule has 9 heavy (non-hydrogen) atoms. The average Bonchev–Trinajstić information content (AvgIpc) is 1.64. The number of carboxylic acid groups (broad SMARTS) is 1. The summed E-state index contributed by atoms with van der Waals surface area (Å²) in [7, 11) is 1.48. The van der Waals surface area contributed by atoms with Crippen molar-refractivity contribution in [1.82, 2.24) is 5.32 Å². The van der Waals surface area contributed by atoms with Crippen molar-refractivity contribution < 1.29 is 9.90 Å². The van der Waals surface area contributed by atoms with Gasteiger partial charge in [-0.1, -0.05) is 0 Å². The SMILES string of the molecule is CN/C(C(=O)O)=C(\N)Br. The number of hydrogen-bond donors (Lipinski definition) is 3. The Balaban J connectivity index is 4.35. The summed E-state index contributed by atoms with van der Waals surface area (Å²) in [4.78, 5) is 10.1. The van der Waals surface area contributed by atoms with Crippen LogP contribution in [0.1, 0.15) is 0 Å². The van der Waals surface area contributed by atoms with Gasteiger partial charge < -0.3 is 16.2 Å². The van der Waals surface area contributed by atoms with E-state index in [9.17, 15) is 4.79 Å². The van der Waals surface area contributed by atoms with Crippen LogP contribution in [0.3, 0.4) is 0 Å². The zero-order chi connectivity index (χ0) is 7.44. The second-order valence-electron chi connectivity index (χ2n) is 1.28. The van der Waals surface area contributed by atoms with Crippen molar-refractivity contribution in [3.63, 3.8) is 0 Å². The number of halogens is 1. The molecule has 0 aromatic carbocycles. The quantitative estimate of drug-likeness (QED) is 0.421. The summed E-state index contributed by atoms with van der Waals surface area (Å²) in [6.45, 7) is 0. The third-order valence-electron chi connectivity index (χ3n) is 0.703. The van der Waals surface area contributed by atoms with E-state index in [-0.39, 0.29) is 10.3 Å². The molecule has 0 amide bonds. The van der Waals surface area contributed by atoms with Crippen LogP contribution in [0.15, 0.2) is 10.3 Å². The largest absolute Gasteiger partial charge is 0.477 e. The van der Waals surface area contributed by atoms with Gasteiger partial charge in [-0.25, -0.2) is 4.79 Å². The lowest BCUT2D eigenvalue weighted by Gasteiger charge is -1.99. The fourth-order valence-electron chi connectivity index (χ4n) is 0.329. The van der Waals surface area contributed by atoms with Crippen LogP contribution in [0.2, 0.25) is 0 Å². The Kier molecular flexibility index (Phi) is 3.08. The van der Waals surface area contributed by atoms with Gasteiger partial charge in [-0.05, 0) is 15.9 Å². The van der Waals surface area contributed by atoms with Crippen LogP contribution in [-0.2, 0) is 4.79 Å². The Hall–Kier alpha value is -0.710. The van der Waals surface area contributed by atoms with Gasteiger partial charge in [0, 0.05) is 7.05 Å². The first-order valence-electron chi connectivity index (χ1n) is 2.16. The Labute approximate surface area is 60.9 Å². The van der Waals surface area contributed by atoms with Gasteiger partial charge in [0.15, 0.2) is 5.70 Å². The fourth-order valence-corrected chi connectivity index (χ4v) is 0.696. The highest BCUT2D eigenvalue weighted by atomic mass is 79.9. The second kappa shape index (κ2) is 3.34. The summed E-state index contributed by atoms with van der Waals surface area (Å²) in [6, 6.07) is 0. The van der Waals surface area contributed by atoms with Crippen molar-refractivity contribution in [2.24, 2.45) is 5.73 Å². The Morgan fingerprint density at radius 1 is 1.78 bits per heavy atom. The van der Waals surface area contributed by atoms with Crippen LogP contribution in [0.4, 0.5) is 0 Å². The van der Waals surface area contributed by atoms with Crippen LogP contribution >= 0.6 is 15.9 Å². The number of aliphatic carboxylic acids is 1. The molecular formula is C4H7BrN2O2. The van der Waals surface area contributed by atoms with E-state index in [1.54, 1.807) is 0 Å². The van der Waals surface area contributed by atoms with Crippen LogP contribution in [0.5, 0.6) is 0 Å². The molecule has 0 aliphatic carbocycles. The molecule has 52 valence electrons. The molecule has 5 heteroatoms. The smallest absolute Gasteiger partial charge is 0.354 e. The molecule has 0 heterocycles. The molecule has 0 aromatic heterocycles. The van der Waals surface area contributed by atoms with Crippen LogP contribution in [0, 0.1) is 0 Å². The van der Waals surface area contributed by atoms with Crippen LogP contribution in [0.25, 0.3) is 0 Å². The zero-order valence-corrected chi connectivity index (χ0v) is 6.40. The third kappa shape index (κ3) is 2.36. The van der Waals surface area contributed by atoms with Gasteiger partial charge in [0.2, 0.25) is 0 Å². The lowest BCUT2D eigenvalue weighted by molar-refractivity contribution is -0.133. The van der Waals surface area contributed by atoms with Crippen molar-refractivity contribution in [1.29, 1.82) is 0 Å². The lowest BCUT2D eigenvalue weighted by atomic mass is 10.5. The monoisotopic (exact) mass is 194 g/mol. The molecule has 0 spiro atoms. The molecule has 0 aromatic rings. The fraction of sp³-hybridized carbons (Fsp3) is 0.250. The summed E-state index contributed by atoms with van der Waals surface area (Å²) in [5.74, 6) is -1.08. The van der Waals surface area contributed by atoms with Crippen LogP contribution < -0.4 is 11.1 Å². The molecule has 0 atom stereocenters. The predicted octanol–water partition coefficient (Wildman–Crippen LogP) is -0.187. The molecule has 0 fully saturated rings. The first kappa shape index (κ1) is 8.29. The molecule has 0 rings (SSSR count). The number of rotatable bonds is 2. The summed E-state index contributed by atoms with van der Waals surface area (Å²) in [5.41, 5.74) is 5.07. The topological polar surface area (TPSA) is 75.3 Å². The Bertz CT molecular complexity index is 151. The molecule has 0 aliphatic heterocycles. The van der Waals surface area contributed by atoms with Crippen molar-refractivity contribution >= 4 is 21.9 Å². The van der Waals surface area contributed by atoms with Crippen molar-refractivity contribution in [3.8, 4) is 0 Å². The molecule has 0 radical (unpaired) electrons. The molecule has 0 saturated carbocycles. The summed E-state index contributed by atoms with van der Waals surface area (Å²) < 4.78 is 0.0949. The van der Waals surface area contributed by atoms with Gasteiger partial charge >= 0.3 is 5.97 Å². The maximum Gasteiger partial charge on any atom is 0.354 e. The van der Waals surface area contributed by atoms with Crippen molar-refractivity contribution in [2.75, 3.05) is 7.05 Å². The van der Waals surface area contributed by atoms with Gasteiger partial charge in [0.1, 0.15) is 4.61 Å². The Morgan fingerprint density at radius 3 is 2.22 bits per heavy atom. The van der Waals surface area contributed by atoms with E-state index in [4.69, 9.17) is 10.8 Å². The number of likely N-dealkylation sites (N-methyl/N-ethyl adjacent to an activating group) is 1. The van der Waals surface area contributed by atoms with Gasteiger partial charge in [-0.3, -0.25) is 0 Å². The minimum Gasteiger partial charge on any atom is -0.477 e. The second-order valence-corrected chi connectivity index (χ2v) is 2.13. The highest BCUT2D eigenvalue weighted by Gasteiger charge is 2.06. The minimum absolute atomic E-state index is 0.0324. The molecule has 0 saturated heterocycles. The third-order valence-corrected chi connectivity index (χ3v) is 1.10. The van der Waals surface area contributed by atoms with Gasteiger partial charge in [0.05, 0.1) is 0 Å². The van der Waals surface area contributed by atoms with E-state index in [1.165, 1.54) is 7.05 Å². The highest BCUT2D eigenvalue weighted by molar-refractivity contribution is 9.11. The van der Waals surface area contributed by atoms with E-state index in [0.29, 0.717) is 0 Å². The zero-order valence-electron chi connectivity index (χ0n) is 4.81. The maximum absolute atomic E-state index is 10.1. The first-order valence-corrected chi connectivity index (χ1v) is 2.95. The lowest BCUT2D eigenvalue weighted by Crippen LogP contribution is -2.19. The normalized spacial score (nSPS) is 12.2. The summed E-state index contributed by atoms with van der Waals surface area (Å²) >= 11 is 2.82. The van der Waals surface area contributed by atoms with Gasteiger partial charge in [-0.2, -0.15) is 0 Å². The molecule has 0 bridgehead atoms. The van der Waals surface area contributed by atoms with Gasteiger partial charge in [-0.15, -0.1) is 0 Å². The molecule has 0 aliphatic rings. The molecule has 0 unspecified atom stereocenters. The standard InChI is InChI=1S/C4H7BrN2O2/c1-7-2(3(5)6)4(8)9/h7H,6H2,1H3,(H,8,9)/b3-2-. The van der Waals surface area contributed by atoms with Gasteiger partial charge in [0.25, 0.3) is 0 Å². The van der Waals surface area contributed by atoms with E-state index in [0.717, 1.165) is 0 Å². The number of nitrogens with two attached hydrogens (primary N) is 1. The summed E-state index contributed by atoms with van der Waals surface area (Å²) in [5, 5.41) is 10.7. The van der Waals surface area contributed by atoms with E-state index in [1.807, 2.05) is 0 Å². The summed E-state index contributed by atoms with van der Waals surface area (Å²) in [6.07, 6.45) is 0. The molecule has 4 N–H and O–H groups in total. The minimum atomic E-state index is -1.08. The average molecular weight is 195 g/mol. The first-order chi connectivity index (χ1) is 4.09. The number of carboxylic acids is 1. The number of nitrogens with one attached hydrogen (secondary N) is 1. The Morgan fingerprint density at radius 2 is 2.22 bits per heavy atom.